The van der Waals surface area contributed by atoms with Gasteiger partial charge in [-0.15, -0.1) is 0 Å². The number of carbonyl (C=O) groups excluding carboxylic acids is 1. The molecule has 26 heavy (non-hydrogen) atoms. The molecule has 2 saturated heterocycles. The summed E-state index contributed by atoms with van der Waals surface area (Å²) < 4.78 is 0. The highest BCUT2D eigenvalue weighted by Crippen LogP contribution is 2.97. The summed E-state index contributed by atoms with van der Waals surface area (Å²) in [4.78, 5) is 16.0. The lowest BCUT2D eigenvalue weighted by molar-refractivity contribution is -0.432. The van der Waals surface area contributed by atoms with Crippen LogP contribution in [0.4, 0.5) is 0 Å². The van der Waals surface area contributed by atoms with Crippen molar-refractivity contribution in [3.05, 3.63) is 35.9 Å². The Labute approximate surface area is 155 Å². The molecule has 7 rings (SSSR count). The number of benzene rings is 1. The molecule has 1 aromatic rings. The highest BCUT2D eigenvalue weighted by Gasteiger charge is 2.95. The number of amides is 1. The molecule has 3 nitrogen and oxygen atoms in total. The third-order valence-electron chi connectivity index (χ3n) is 10.1. The van der Waals surface area contributed by atoms with Crippen LogP contribution in [0.25, 0.3) is 0 Å². The molecular formula is C23H28N2O. The van der Waals surface area contributed by atoms with E-state index in [9.17, 15) is 4.79 Å². The van der Waals surface area contributed by atoms with Crippen LogP contribution in [0.15, 0.2) is 30.3 Å². The maximum Gasteiger partial charge on any atom is 0.229 e. The Kier molecular flexibility index (Phi) is 2.38. The molecule has 1 aromatic carbocycles. The number of hydrogen-bond donors (Lipinski definition) is 1. The van der Waals surface area contributed by atoms with Crippen LogP contribution in [-0.4, -0.2) is 36.0 Å². The fraction of sp³-hybridized carbons (Fsp3) is 0.696. The molecule has 2 heterocycles. The van der Waals surface area contributed by atoms with Gasteiger partial charge in [-0.25, -0.2) is 0 Å². The molecule has 2 aliphatic heterocycles. The summed E-state index contributed by atoms with van der Waals surface area (Å²) in [6.07, 6.45) is 8.71. The highest BCUT2D eigenvalue weighted by atomic mass is 16.2. The molecule has 136 valence electrons. The minimum absolute atomic E-state index is 0.0201. The summed E-state index contributed by atoms with van der Waals surface area (Å²) in [5.41, 5.74) is 2.65. The van der Waals surface area contributed by atoms with Crippen molar-refractivity contribution in [2.24, 2.45) is 22.7 Å². The van der Waals surface area contributed by atoms with Crippen molar-refractivity contribution in [2.75, 3.05) is 19.6 Å². The number of rotatable bonds is 2. The minimum Gasteiger partial charge on any atom is -0.342 e. The Morgan fingerprint density at radius 2 is 1.77 bits per heavy atom. The summed E-state index contributed by atoms with van der Waals surface area (Å²) in [6.45, 7) is 3.14. The monoisotopic (exact) mass is 348 g/mol. The van der Waals surface area contributed by atoms with E-state index in [-0.39, 0.29) is 5.41 Å². The largest absolute Gasteiger partial charge is 0.342 e. The van der Waals surface area contributed by atoms with E-state index in [1.165, 1.54) is 50.6 Å². The van der Waals surface area contributed by atoms with E-state index in [4.69, 9.17) is 0 Å². The summed E-state index contributed by atoms with van der Waals surface area (Å²) in [5.74, 6) is 2.21. The van der Waals surface area contributed by atoms with Crippen molar-refractivity contribution < 1.29 is 4.79 Å². The second-order valence-electron chi connectivity index (χ2n) is 10.4. The van der Waals surface area contributed by atoms with E-state index in [1.807, 2.05) is 0 Å². The van der Waals surface area contributed by atoms with Gasteiger partial charge in [-0.05, 0) is 68.9 Å². The van der Waals surface area contributed by atoms with Crippen LogP contribution in [0.1, 0.15) is 50.5 Å². The quantitative estimate of drug-likeness (QED) is 0.891. The first kappa shape index (κ1) is 14.7. The van der Waals surface area contributed by atoms with Gasteiger partial charge in [0.15, 0.2) is 0 Å². The van der Waals surface area contributed by atoms with Crippen molar-refractivity contribution in [2.45, 2.75) is 55.9 Å². The molecule has 0 radical (unpaired) electrons. The number of likely N-dealkylation sites (tertiary alicyclic amines) is 1. The minimum atomic E-state index is 0.0201. The highest BCUT2D eigenvalue weighted by molar-refractivity contribution is 5.89. The lowest BCUT2D eigenvalue weighted by atomic mass is 9.07. The first-order valence-corrected chi connectivity index (χ1v) is 10.8. The Morgan fingerprint density at radius 1 is 1.04 bits per heavy atom. The Morgan fingerprint density at radius 3 is 2.38 bits per heavy atom. The van der Waals surface area contributed by atoms with Gasteiger partial charge < -0.3 is 10.2 Å². The Hall–Kier alpha value is -1.35. The molecule has 5 unspecified atom stereocenters. The topological polar surface area (TPSA) is 32.3 Å². The second-order valence-corrected chi connectivity index (χ2v) is 10.4. The van der Waals surface area contributed by atoms with Crippen molar-refractivity contribution in [1.82, 2.24) is 10.2 Å². The standard InChI is InChI=1S/C23H28N2O/c26-19(25-10-7-20(8-11-25)6-9-24-20)22-14-18-12-17-13-21(15-22,23(17,18)22)16-4-2-1-3-5-16/h1-5,17-18,24H,6-15H2. The molecule has 0 bridgehead atoms. The molecule has 0 aromatic heterocycles. The molecule has 6 aliphatic rings. The molecule has 1 amide bonds. The van der Waals surface area contributed by atoms with Gasteiger partial charge in [-0.3, -0.25) is 4.79 Å². The van der Waals surface area contributed by atoms with Crippen molar-refractivity contribution in [3.63, 3.8) is 0 Å². The number of carbonyl (C=O) groups is 1. The molecule has 4 aliphatic carbocycles. The first-order chi connectivity index (χ1) is 12.7. The maximum atomic E-state index is 13.7. The molecule has 1 N–H and O–H groups in total. The van der Waals surface area contributed by atoms with Gasteiger partial charge in [0.05, 0.1) is 5.41 Å². The maximum absolute atomic E-state index is 13.7. The predicted octanol–water partition coefficient (Wildman–Crippen LogP) is 3.10. The molecule has 6 fully saturated rings. The number of nitrogens with one attached hydrogen (secondary N) is 1. The average molecular weight is 348 g/mol. The summed E-state index contributed by atoms with van der Waals surface area (Å²) in [7, 11) is 0. The fourth-order valence-electron chi connectivity index (χ4n) is 9.06. The Balaban J connectivity index is 1.19. The van der Waals surface area contributed by atoms with Crippen molar-refractivity contribution in [1.29, 1.82) is 0 Å². The van der Waals surface area contributed by atoms with Crippen LogP contribution in [0.2, 0.25) is 0 Å². The smallest absolute Gasteiger partial charge is 0.229 e. The average Bonchev–Trinajstić information content (AvgIpc) is 2.59. The number of nitrogens with zero attached hydrogens (tertiary/aromatic N) is 1. The zero-order chi connectivity index (χ0) is 17.2. The van der Waals surface area contributed by atoms with Crippen LogP contribution < -0.4 is 5.32 Å². The van der Waals surface area contributed by atoms with Gasteiger partial charge in [0.1, 0.15) is 0 Å². The lowest BCUT2D eigenvalue weighted by Gasteiger charge is -2.95. The first-order valence-electron chi connectivity index (χ1n) is 10.8. The van der Waals surface area contributed by atoms with E-state index in [0.717, 1.165) is 31.3 Å². The van der Waals surface area contributed by atoms with Crippen LogP contribution in [0, 0.1) is 22.7 Å². The summed E-state index contributed by atoms with van der Waals surface area (Å²) in [6, 6.07) is 11.2. The lowest BCUT2D eigenvalue weighted by Crippen LogP contribution is -2.94. The van der Waals surface area contributed by atoms with Gasteiger partial charge in [-0.1, -0.05) is 30.3 Å². The number of piperidine rings is 1. The van der Waals surface area contributed by atoms with Crippen LogP contribution in [0.3, 0.4) is 0 Å². The van der Waals surface area contributed by atoms with Crippen molar-refractivity contribution >= 4 is 5.91 Å². The molecule has 3 heteroatoms. The van der Waals surface area contributed by atoms with Crippen LogP contribution in [-0.2, 0) is 10.2 Å². The fourth-order valence-corrected chi connectivity index (χ4v) is 9.06. The van der Waals surface area contributed by atoms with Crippen LogP contribution in [0.5, 0.6) is 0 Å². The van der Waals surface area contributed by atoms with Crippen LogP contribution >= 0.6 is 0 Å². The summed E-state index contributed by atoms with van der Waals surface area (Å²) in [5, 5.41) is 3.64. The van der Waals surface area contributed by atoms with E-state index in [2.05, 4.69) is 40.5 Å². The van der Waals surface area contributed by atoms with Gasteiger partial charge in [0.2, 0.25) is 5.91 Å². The van der Waals surface area contributed by atoms with Gasteiger partial charge >= 0.3 is 0 Å². The second kappa shape index (κ2) is 4.22. The van der Waals surface area contributed by atoms with E-state index in [1.54, 1.807) is 0 Å². The van der Waals surface area contributed by atoms with E-state index >= 15 is 0 Å². The molecule has 2 spiro atoms. The van der Waals surface area contributed by atoms with Crippen molar-refractivity contribution in [3.8, 4) is 0 Å². The zero-order valence-electron chi connectivity index (χ0n) is 15.5. The normalized spacial score (nSPS) is 48.7. The van der Waals surface area contributed by atoms with Gasteiger partial charge in [0.25, 0.3) is 0 Å². The molecule has 5 atom stereocenters. The van der Waals surface area contributed by atoms with E-state index < -0.39 is 0 Å². The third kappa shape index (κ3) is 1.24. The Bertz CT molecular complexity index is 801. The SMILES string of the molecule is O=C(N1CCC2(CCN2)CC1)C12CC3CC4CC(c5ccccc5)(C1)C342. The third-order valence-corrected chi connectivity index (χ3v) is 10.1. The zero-order valence-corrected chi connectivity index (χ0v) is 15.5. The molecular weight excluding hydrogens is 320 g/mol. The van der Waals surface area contributed by atoms with Gasteiger partial charge in [-0.2, -0.15) is 0 Å². The van der Waals surface area contributed by atoms with Gasteiger partial charge in [0, 0.05) is 29.5 Å². The number of hydrogen-bond acceptors (Lipinski definition) is 2. The summed E-state index contributed by atoms with van der Waals surface area (Å²) >= 11 is 0. The van der Waals surface area contributed by atoms with E-state index in [0.29, 0.717) is 22.3 Å². The molecule has 4 saturated carbocycles. The predicted molar refractivity (Wildman–Crippen MR) is 99.6 cm³/mol.